The lowest BCUT2D eigenvalue weighted by atomic mass is 10.0. The van der Waals surface area contributed by atoms with Gasteiger partial charge in [-0.25, -0.2) is 4.39 Å². The SMILES string of the molecule is C[C@H](Oc1ccc2c(c1)CNCC2)c1ccc(C#N)cc1F. The van der Waals surface area contributed by atoms with E-state index in [1.54, 1.807) is 12.1 Å². The first kappa shape index (κ1) is 14.6. The first-order valence-corrected chi connectivity index (χ1v) is 7.36. The maximum absolute atomic E-state index is 14.0. The number of hydrogen-bond acceptors (Lipinski definition) is 3. The van der Waals surface area contributed by atoms with Crippen molar-refractivity contribution in [2.45, 2.75) is 26.0 Å². The Balaban J connectivity index is 1.79. The molecule has 0 fully saturated rings. The van der Waals surface area contributed by atoms with Crippen LogP contribution in [0.1, 0.15) is 35.3 Å². The summed E-state index contributed by atoms with van der Waals surface area (Å²) in [6.07, 6.45) is 0.609. The Bertz CT molecular complexity index is 736. The monoisotopic (exact) mass is 296 g/mol. The van der Waals surface area contributed by atoms with Crippen molar-refractivity contribution in [3.8, 4) is 11.8 Å². The molecule has 3 rings (SSSR count). The molecule has 4 heteroatoms. The van der Waals surface area contributed by atoms with Crippen molar-refractivity contribution in [3.05, 3.63) is 64.5 Å². The number of nitrogens with one attached hydrogen (secondary N) is 1. The van der Waals surface area contributed by atoms with Gasteiger partial charge < -0.3 is 10.1 Å². The smallest absolute Gasteiger partial charge is 0.131 e. The Hall–Kier alpha value is -2.38. The minimum absolute atomic E-state index is 0.313. The first-order chi connectivity index (χ1) is 10.7. The molecule has 0 saturated heterocycles. The number of nitriles is 1. The van der Waals surface area contributed by atoms with Crippen LogP contribution in [-0.2, 0) is 13.0 Å². The molecule has 0 saturated carbocycles. The highest BCUT2D eigenvalue weighted by molar-refractivity contribution is 5.38. The van der Waals surface area contributed by atoms with E-state index in [0.717, 1.165) is 25.3 Å². The summed E-state index contributed by atoms with van der Waals surface area (Å²) in [5, 5.41) is 12.1. The van der Waals surface area contributed by atoms with Crippen molar-refractivity contribution >= 4 is 0 Å². The van der Waals surface area contributed by atoms with Crippen molar-refractivity contribution in [1.82, 2.24) is 5.32 Å². The van der Waals surface area contributed by atoms with Gasteiger partial charge in [0.25, 0.3) is 0 Å². The quantitative estimate of drug-likeness (QED) is 0.943. The predicted molar refractivity (Wildman–Crippen MR) is 82.0 cm³/mol. The zero-order chi connectivity index (χ0) is 15.5. The minimum Gasteiger partial charge on any atom is -0.486 e. The van der Waals surface area contributed by atoms with Gasteiger partial charge in [-0.2, -0.15) is 5.26 Å². The zero-order valence-electron chi connectivity index (χ0n) is 12.4. The molecule has 1 aliphatic heterocycles. The molecular formula is C18H17FN2O. The molecule has 22 heavy (non-hydrogen) atoms. The third kappa shape index (κ3) is 2.95. The van der Waals surface area contributed by atoms with Crippen LogP contribution in [0, 0.1) is 17.1 Å². The lowest BCUT2D eigenvalue weighted by Gasteiger charge is -2.20. The lowest BCUT2D eigenvalue weighted by Crippen LogP contribution is -2.23. The Morgan fingerprint density at radius 1 is 1.23 bits per heavy atom. The average Bonchev–Trinajstić information content (AvgIpc) is 2.54. The van der Waals surface area contributed by atoms with E-state index in [-0.39, 0.29) is 0 Å². The van der Waals surface area contributed by atoms with E-state index in [2.05, 4.69) is 11.4 Å². The third-order valence-corrected chi connectivity index (χ3v) is 3.94. The van der Waals surface area contributed by atoms with Gasteiger partial charge in [0.2, 0.25) is 0 Å². The van der Waals surface area contributed by atoms with Gasteiger partial charge in [0.05, 0.1) is 11.6 Å². The fourth-order valence-electron chi connectivity index (χ4n) is 2.72. The number of rotatable bonds is 3. The minimum atomic E-state index is -0.414. The van der Waals surface area contributed by atoms with Crippen LogP contribution in [0.4, 0.5) is 4.39 Å². The highest BCUT2D eigenvalue weighted by Crippen LogP contribution is 2.27. The summed E-state index contributed by atoms with van der Waals surface area (Å²) in [5.41, 5.74) is 3.34. The van der Waals surface area contributed by atoms with Crippen LogP contribution in [0.15, 0.2) is 36.4 Å². The molecule has 0 aliphatic carbocycles. The van der Waals surface area contributed by atoms with E-state index >= 15 is 0 Å². The summed E-state index contributed by atoms with van der Waals surface area (Å²) >= 11 is 0. The molecule has 3 nitrogen and oxygen atoms in total. The van der Waals surface area contributed by atoms with Gasteiger partial charge in [-0.05, 0) is 55.3 Å². The number of hydrogen-bond donors (Lipinski definition) is 1. The second kappa shape index (κ2) is 6.17. The number of nitrogens with zero attached hydrogens (tertiary/aromatic N) is 1. The van der Waals surface area contributed by atoms with E-state index < -0.39 is 11.9 Å². The van der Waals surface area contributed by atoms with Crippen molar-refractivity contribution in [1.29, 1.82) is 5.26 Å². The van der Waals surface area contributed by atoms with Crippen LogP contribution < -0.4 is 10.1 Å². The Kier molecular flexibility index (Phi) is 4.08. The van der Waals surface area contributed by atoms with Gasteiger partial charge in [-0.3, -0.25) is 0 Å². The fraction of sp³-hybridized carbons (Fsp3) is 0.278. The normalized spacial score (nSPS) is 14.8. The van der Waals surface area contributed by atoms with E-state index in [1.165, 1.54) is 17.2 Å². The van der Waals surface area contributed by atoms with Crippen molar-refractivity contribution < 1.29 is 9.13 Å². The number of benzene rings is 2. The molecule has 0 spiro atoms. The number of ether oxygens (including phenoxy) is 1. The molecule has 1 atom stereocenters. The summed E-state index contributed by atoms with van der Waals surface area (Å²) in [6, 6.07) is 12.4. The standard InChI is InChI=1S/C18H17FN2O/c1-12(17-5-2-13(10-20)8-18(17)19)22-16-4-3-14-6-7-21-11-15(14)9-16/h2-5,8-9,12,21H,6-7,11H2,1H3/t12-/m0/s1. The zero-order valence-corrected chi connectivity index (χ0v) is 12.4. The highest BCUT2D eigenvalue weighted by atomic mass is 19.1. The van der Waals surface area contributed by atoms with Crippen LogP contribution in [0.5, 0.6) is 5.75 Å². The van der Waals surface area contributed by atoms with Gasteiger partial charge >= 0.3 is 0 Å². The first-order valence-electron chi connectivity index (χ1n) is 7.36. The van der Waals surface area contributed by atoms with Crippen molar-refractivity contribution in [3.63, 3.8) is 0 Å². The predicted octanol–water partition coefficient (Wildman–Crippen LogP) is 3.48. The summed E-state index contributed by atoms with van der Waals surface area (Å²) in [4.78, 5) is 0. The van der Waals surface area contributed by atoms with Crippen LogP contribution in [0.3, 0.4) is 0 Å². The van der Waals surface area contributed by atoms with E-state index in [4.69, 9.17) is 10.00 Å². The van der Waals surface area contributed by atoms with Gasteiger partial charge in [-0.1, -0.05) is 12.1 Å². The lowest BCUT2D eigenvalue weighted by molar-refractivity contribution is 0.221. The third-order valence-electron chi connectivity index (χ3n) is 3.94. The van der Waals surface area contributed by atoms with Gasteiger partial charge in [0, 0.05) is 12.1 Å². The molecule has 1 aliphatic rings. The average molecular weight is 296 g/mol. The van der Waals surface area contributed by atoms with Crippen LogP contribution >= 0.6 is 0 Å². The summed E-state index contributed by atoms with van der Waals surface area (Å²) in [7, 11) is 0. The van der Waals surface area contributed by atoms with Gasteiger partial charge in [0.1, 0.15) is 17.7 Å². The maximum atomic E-state index is 14.0. The maximum Gasteiger partial charge on any atom is 0.131 e. The topological polar surface area (TPSA) is 45.0 Å². The van der Waals surface area contributed by atoms with Crippen LogP contribution in [0.25, 0.3) is 0 Å². The second-order valence-electron chi connectivity index (χ2n) is 5.47. The molecule has 0 unspecified atom stereocenters. The summed E-state index contributed by atoms with van der Waals surface area (Å²) < 4.78 is 19.9. The molecule has 0 radical (unpaired) electrons. The van der Waals surface area contributed by atoms with Crippen LogP contribution in [0.2, 0.25) is 0 Å². The summed E-state index contributed by atoms with van der Waals surface area (Å²) in [5.74, 6) is 0.324. The fourth-order valence-corrected chi connectivity index (χ4v) is 2.72. The Labute approximate surface area is 129 Å². The molecule has 2 aromatic carbocycles. The molecule has 0 aromatic heterocycles. The molecule has 112 valence electrons. The van der Waals surface area contributed by atoms with E-state index in [9.17, 15) is 4.39 Å². The van der Waals surface area contributed by atoms with Crippen LogP contribution in [-0.4, -0.2) is 6.54 Å². The molecule has 1 N–H and O–H groups in total. The Morgan fingerprint density at radius 2 is 2.09 bits per heavy atom. The molecule has 1 heterocycles. The van der Waals surface area contributed by atoms with E-state index in [0.29, 0.717) is 11.1 Å². The molecule has 0 amide bonds. The number of fused-ring (bicyclic) bond motifs is 1. The van der Waals surface area contributed by atoms with Gasteiger partial charge in [-0.15, -0.1) is 0 Å². The second-order valence-corrected chi connectivity index (χ2v) is 5.47. The molecule has 2 aromatic rings. The van der Waals surface area contributed by atoms with Gasteiger partial charge in [0.15, 0.2) is 0 Å². The summed E-state index contributed by atoms with van der Waals surface area (Å²) in [6.45, 7) is 3.65. The highest BCUT2D eigenvalue weighted by Gasteiger charge is 2.15. The Morgan fingerprint density at radius 3 is 2.86 bits per heavy atom. The number of halogens is 1. The molecule has 0 bridgehead atoms. The largest absolute Gasteiger partial charge is 0.486 e. The van der Waals surface area contributed by atoms with E-state index in [1.807, 2.05) is 25.1 Å². The molecular weight excluding hydrogens is 279 g/mol. The van der Waals surface area contributed by atoms with Crippen molar-refractivity contribution in [2.75, 3.05) is 6.54 Å². The van der Waals surface area contributed by atoms with Crippen molar-refractivity contribution in [2.24, 2.45) is 0 Å².